The van der Waals surface area contributed by atoms with Crippen molar-refractivity contribution in [2.75, 3.05) is 17.2 Å². The Morgan fingerprint density at radius 1 is 1.00 bits per heavy atom. The van der Waals surface area contributed by atoms with Crippen LogP contribution >= 0.6 is 0 Å². The number of rotatable bonds is 5. The molecule has 0 saturated carbocycles. The number of aryl methyl sites for hydroxylation is 3. The summed E-state index contributed by atoms with van der Waals surface area (Å²) in [6.45, 7) is 7.78. The summed E-state index contributed by atoms with van der Waals surface area (Å²) in [6.07, 6.45) is 0. The Morgan fingerprint density at radius 2 is 1.65 bits per heavy atom. The van der Waals surface area contributed by atoms with Gasteiger partial charge in [0.15, 0.2) is 5.78 Å². The minimum absolute atomic E-state index is 0.0230. The minimum atomic E-state index is -0.148. The minimum Gasteiger partial charge on any atom is -0.376 e. The summed E-state index contributed by atoms with van der Waals surface area (Å²) in [7, 11) is 0. The second kappa shape index (κ2) is 7.09. The fourth-order valence-electron chi connectivity index (χ4n) is 2.65. The van der Waals surface area contributed by atoms with E-state index in [0.717, 1.165) is 16.8 Å². The zero-order valence-corrected chi connectivity index (χ0v) is 14.0. The number of Topliss-reactive ketones (excluding diaryl/α,β-unsaturated/α-hetero) is 1. The maximum atomic E-state index is 12.1. The number of benzene rings is 2. The van der Waals surface area contributed by atoms with Crippen LogP contribution in [0.25, 0.3) is 0 Å². The van der Waals surface area contributed by atoms with Gasteiger partial charge in [-0.15, -0.1) is 0 Å². The molecule has 0 radical (unpaired) electrons. The molecule has 4 heteroatoms. The van der Waals surface area contributed by atoms with Crippen molar-refractivity contribution < 1.29 is 9.59 Å². The third kappa shape index (κ3) is 4.42. The van der Waals surface area contributed by atoms with Gasteiger partial charge in [-0.2, -0.15) is 0 Å². The first kappa shape index (κ1) is 16.7. The lowest BCUT2D eigenvalue weighted by atomic mass is 10.1. The molecule has 0 spiro atoms. The summed E-state index contributed by atoms with van der Waals surface area (Å²) in [6, 6.07) is 11.1. The molecule has 2 N–H and O–H groups in total. The van der Waals surface area contributed by atoms with Gasteiger partial charge in [-0.3, -0.25) is 9.59 Å². The number of carbonyl (C=O) groups excluding carboxylic acids is 2. The lowest BCUT2D eigenvalue weighted by Crippen LogP contribution is -2.22. The van der Waals surface area contributed by atoms with Crippen molar-refractivity contribution in [2.45, 2.75) is 27.7 Å². The van der Waals surface area contributed by atoms with Crippen LogP contribution in [-0.4, -0.2) is 18.2 Å². The van der Waals surface area contributed by atoms with Crippen LogP contribution in [0.1, 0.15) is 34.0 Å². The smallest absolute Gasteiger partial charge is 0.243 e. The molecule has 2 rings (SSSR count). The maximum Gasteiger partial charge on any atom is 0.243 e. The Labute approximate surface area is 136 Å². The molecule has 2 aromatic carbocycles. The fraction of sp³-hybridized carbons (Fsp3) is 0.263. The Hall–Kier alpha value is -2.62. The van der Waals surface area contributed by atoms with Crippen molar-refractivity contribution in [3.05, 3.63) is 58.7 Å². The molecule has 0 bridgehead atoms. The van der Waals surface area contributed by atoms with Gasteiger partial charge < -0.3 is 10.6 Å². The monoisotopic (exact) mass is 310 g/mol. The summed E-state index contributed by atoms with van der Waals surface area (Å²) < 4.78 is 0. The summed E-state index contributed by atoms with van der Waals surface area (Å²) in [5.74, 6) is -0.171. The summed E-state index contributed by atoms with van der Waals surface area (Å²) >= 11 is 0. The summed E-state index contributed by atoms with van der Waals surface area (Å²) in [5, 5.41) is 5.99. The zero-order valence-electron chi connectivity index (χ0n) is 14.0. The molecule has 4 nitrogen and oxygen atoms in total. The van der Waals surface area contributed by atoms with Gasteiger partial charge in [0.1, 0.15) is 0 Å². The molecule has 0 aliphatic carbocycles. The molecule has 23 heavy (non-hydrogen) atoms. The number of amides is 1. The largest absolute Gasteiger partial charge is 0.376 e. The molecule has 0 aliphatic heterocycles. The molecule has 0 fully saturated rings. The quantitative estimate of drug-likeness (QED) is 0.824. The fourth-order valence-corrected chi connectivity index (χ4v) is 2.65. The van der Waals surface area contributed by atoms with Crippen LogP contribution in [0, 0.1) is 20.8 Å². The van der Waals surface area contributed by atoms with Gasteiger partial charge in [0.25, 0.3) is 0 Å². The van der Waals surface area contributed by atoms with E-state index in [4.69, 9.17) is 0 Å². The Morgan fingerprint density at radius 3 is 2.26 bits per heavy atom. The summed E-state index contributed by atoms with van der Waals surface area (Å²) in [4.78, 5) is 23.5. The highest BCUT2D eigenvalue weighted by Crippen LogP contribution is 2.21. The van der Waals surface area contributed by atoms with Crippen molar-refractivity contribution in [2.24, 2.45) is 0 Å². The van der Waals surface area contributed by atoms with E-state index in [0.29, 0.717) is 11.3 Å². The van der Waals surface area contributed by atoms with Gasteiger partial charge in [0.2, 0.25) is 5.91 Å². The van der Waals surface area contributed by atoms with Crippen LogP contribution in [0.4, 0.5) is 11.4 Å². The number of hydrogen-bond acceptors (Lipinski definition) is 3. The molecule has 0 aromatic heterocycles. The van der Waals surface area contributed by atoms with Gasteiger partial charge in [-0.05, 0) is 51.0 Å². The van der Waals surface area contributed by atoms with Crippen LogP contribution in [0.3, 0.4) is 0 Å². The van der Waals surface area contributed by atoms with Crippen LogP contribution in [0.15, 0.2) is 36.4 Å². The molecule has 0 aliphatic rings. The maximum absolute atomic E-state index is 12.1. The van der Waals surface area contributed by atoms with E-state index in [2.05, 4.69) is 29.7 Å². The van der Waals surface area contributed by atoms with Gasteiger partial charge in [-0.25, -0.2) is 0 Å². The second-order valence-corrected chi connectivity index (χ2v) is 5.81. The molecule has 1 amide bonds. The first-order chi connectivity index (χ1) is 10.9. The van der Waals surface area contributed by atoms with Crippen LogP contribution < -0.4 is 10.6 Å². The van der Waals surface area contributed by atoms with Crippen molar-refractivity contribution >= 4 is 23.1 Å². The summed E-state index contributed by atoms with van der Waals surface area (Å²) in [5.41, 5.74) is 5.64. The molecule has 2 aromatic rings. The van der Waals surface area contributed by atoms with Crippen molar-refractivity contribution in [3.8, 4) is 0 Å². The number of hydrogen-bond donors (Lipinski definition) is 2. The first-order valence-electron chi connectivity index (χ1n) is 7.59. The van der Waals surface area contributed by atoms with Crippen molar-refractivity contribution in [3.63, 3.8) is 0 Å². The third-order valence-electron chi connectivity index (χ3n) is 3.66. The van der Waals surface area contributed by atoms with E-state index in [9.17, 15) is 9.59 Å². The highest BCUT2D eigenvalue weighted by atomic mass is 16.2. The SMILES string of the molecule is CC(=O)c1cccc(NC(=O)CNc2c(C)cc(C)cc2C)c1. The highest BCUT2D eigenvalue weighted by molar-refractivity contribution is 5.98. The van der Waals surface area contributed by atoms with Crippen LogP contribution in [0.5, 0.6) is 0 Å². The van der Waals surface area contributed by atoms with Gasteiger partial charge >= 0.3 is 0 Å². The van der Waals surface area contributed by atoms with E-state index < -0.39 is 0 Å². The van der Waals surface area contributed by atoms with E-state index in [1.54, 1.807) is 24.3 Å². The zero-order chi connectivity index (χ0) is 17.0. The normalized spacial score (nSPS) is 10.3. The molecular formula is C19H22N2O2. The number of anilines is 2. The standard InChI is InChI=1S/C19H22N2O2/c1-12-8-13(2)19(14(3)9-12)20-11-18(23)21-17-7-5-6-16(10-17)15(4)22/h5-10,20H,11H2,1-4H3,(H,21,23). The molecule has 0 heterocycles. The number of nitrogens with one attached hydrogen (secondary N) is 2. The topological polar surface area (TPSA) is 58.2 Å². The van der Waals surface area contributed by atoms with E-state index in [1.807, 2.05) is 13.8 Å². The predicted octanol–water partition coefficient (Wildman–Crippen LogP) is 3.87. The molecule has 120 valence electrons. The average molecular weight is 310 g/mol. The lowest BCUT2D eigenvalue weighted by molar-refractivity contribution is -0.114. The number of ketones is 1. The first-order valence-corrected chi connectivity index (χ1v) is 7.59. The van der Waals surface area contributed by atoms with E-state index >= 15 is 0 Å². The van der Waals surface area contributed by atoms with Crippen molar-refractivity contribution in [1.82, 2.24) is 0 Å². The van der Waals surface area contributed by atoms with E-state index in [-0.39, 0.29) is 18.2 Å². The van der Waals surface area contributed by atoms with E-state index in [1.165, 1.54) is 12.5 Å². The van der Waals surface area contributed by atoms with Gasteiger partial charge in [0.05, 0.1) is 6.54 Å². The molecule has 0 atom stereocenters. The van der Waals surface area contributed by atoms with Crippen molar-refractivity contribution in [1.29, 1.82) is 0 Å². The molecule has 0 saturated heterocycles. The van der Waals surface area contributed by atoms with Crippen LogP contribution in [-0.2, 0) is 4.79 Å². The molecule has 0 unspecified atom stereocenters. The predicted molar refractivity (Wildman–Crippen MR) is 94.2 cm³/mol. The number of carbonyl (C=O) groups is 2. The van der Waals surface area contributed by atoms with Gasteiger partial charge in [-0.1, -0.05) is 29.8 Å². The Bertz CT molecular complexity index is 728. The lowest BCUT2D eigenvalue weighted by Gasteiger charge is -2.14. The third-order valence-corrected chi connectivity index (χ3v) is 3.66. The Kier molecular flexibility index (Phi) is 5.16. The van der Waals surface area contributed by atoms with Crippen LogP contribution in [0.2, 0.25) is 0 Å². The second-order valence-electron chi connectivity index (χ2n) is 5.81. The van der Waals surface area contributed by atoms with Gasteiger partial charge in [0, 0.05) is 16.9 Å². The Balaban J connectivity index is 2.01. The highest BCUT2D eigenvalue weighted by Gasteiger charge is 2.08. The molecular weight excluding hydrogens is 288 g/mol. The average Bonchev–Trinajstić information content (AvgIpc) is 2.46.